The molecule has 0 amide bonds. The van der Waals surface area contributed by atoms with Crippen LogP contribution in [0.5, 0.6) is 0 Å². The number of piperazine rings is 1. The average Bonchev–Trinajstić information content (AvgIpc) is 3.54. The Morgan fingerprint density at radius 2 is 2.00 bits per heavy atom. The predicted molar refractivity (Wildman–Crippen MR) is 118 cm³/mol. The van der Waals surface area contributed by atoms with Crippen LogP contribution in [0.25, 0.3) is 11.3 Å². The number of aromatic nitrogens is 4. The summed E-state index contributed by atoms with van der Waals surface area (Å²) >= 11 is 0. The van der Waals surface area contributed by atoms with Crippen molar-refractivity contribution in [2.24, 2.45) is 0 Å². The number of hydrogen-bond donors (Lipinski definition) is 0. The van der Waals surface area contributed by atoms with Gasteiger partial charge in [-0.05, 0) is 45.7 Å². The van der Waals surface area contributed by atoms with E-state index >= 15 is 0 Å². The molecule has 0 radical (unpaired) electrons. The Balaban J connectivity index is 1.35. The summed E-state index contributed by atoms with van der Waals surface area (Å²) in [4.78, 5) is 22.1. The zero-order valence-electron chi connectivity index (χ0n) is 18.3. The highest BCUT2D eigenvalue weighted by molar-refractivity contribution is 5.62. The summed E-state index contributed by atoms with van der Waals surface area (Å²) in [5.41, 5.74) is 4.13. The van der Waals surface area contributed by atoms with Gasteiger partial charge in [0.25, 0.3) is 5.56 Å². The lowest BCUT2D eigenvalue weighted by Crippen LogP contribution is -2.53. The van der Waals surface area contributed by atoms with Crippen LogP contribution in [0.15, 0.2) is 39.9 Å². The van der Waals surface area contributed by atoms with Crippen molar-refractivity contribution in [2.45, 2.75) is 52.2 Å². The normalized spacial score (nSPS) is 19.7. The van der Waals surface area contributed by atoms with Crippen LogP contribution in [0.3, 0.4) is 0 Å². The van der Waals surface area contributed by atoms with E-state index in [1.807, 2.05) is 26.0 Å². The third-order valence-corrected chi connectivity index (χ3v) is 6.39. The average molecular weight is 421 g/mol. The number of hydrogen-bond acceptors (Lipinski definition) is 7. The van der Waals surface area contributed by atoms with E-state index in [9.17, 15) is 4.79 Å². The Morgan fingerprint density at radius 1 is 1.16 bits per heavy atom. The lowest BCUT2D eigenvalue weighted by Gasteiger charge is -2.41. The van der Waals surface area contributed by atoms with Crippen LogP contribution in [0.1, 0.15) is 36.8 Å². The fourth-order valence-corrected chi connectivity index (χ4v) is 4.43. The summed E-state index contributed by atoms with van der Waals surface area (Å²) in [7, 11) is 0. The molecule has 8 nitrogen and oxygen atoms in total. The van der Waals surface area contributed by atoms with Crippen LogP contribution < -0.4 is 10.5 Å². The first-order valence-corrected chi connectivity index (χ1v) is 11.0. The molecule has 3 aromatic rings. The van der Waals surface area contributed by atoms with Gasteiger partial charge >= 0.3 is 0 Å². The molecular formula is C23H28N6O2. The second-order valence-corrected chi connectivity index (χ2v) is 8.73. The molecule has 1 atom stereocenters. The molecule has 5 rings (SSSR count). The van der Waals surface area contributed by atoms with E-state index in [0.29, 0.717) is 24.0 Å². The van der Waals surface area contributed by atoms with Crippen LogP contribution in [-0.4, -0.2) is 56.5 Å². The van der Waals surface area contributed by atoms with E-state index in [2.05, 4.69) is 32.0 Å². The Bertz CT molecular complexity index is 1130. The number of nitrogens with zero attached hydrogens (tertiary/aromatic N) is 6. The summed E-state index contributed by atoms with van der Waals surface area (Å²) in [6.45, 7) is 9.28. The molecule has 1 saturated carbocycles. The number of pyridine rings is 1. The molecule has 162 valence electrons. The molecule has 3 aromatic heterocycles. The highest BCUT2D eigenvalue weighted by atomic mass is 16.5. The largest absolute Gasteiger partial charge is 0.367 e. The topological polar surface area (TPSA) is 80.3 Å². The van der Waals surface area contributed by atoms with E-state index in [1.54, 1.807) is 18.5 Å². The molecule has 4 heterocycles. The van der Waals surface area contributed by atoms with Crippen molar-refractivity contribution in [3.05, 3.63) is 58.0 Å². The van der Waals surface area contributed by atoms with Gasteiger partial charge in [0.1, 0.15) is 11.5 Å². The standard InChI is InChI=1S/C23H28N6O2/c1-15-4-5-18(11-24-15)23-21(17(3)31-26-23)14-29-22(30)10-20(12-25-29)27-8-9-28(16(2)13-27)19-6-7-19/h4-5,10-12,16,19H,6-9,13-14H2,1-3H3/t16-/m1/s1. The molecule has 0 N–H and O–H groups in total. The molecule has 0 bridgehead atoms. The molecule has 2 fully saturated rings. The van der Waals surface area contributed by atoms with Crippen molar-refractivity contribution in [1.82, 2.24) is 24.8 Å². The fraction of sp³-hybridized carbons (Fsp3) is 0.478. The van der Waals surface area contributed by atoms with Crippen molar-refractivity contribution in [1.29, 1.82) is 0 Å². The predicted octanol–water partition coefficient (Wildman–Crippen LogP) is 2.63. The maximum Gasteiger partial charge on any atom is 0.269 e. The van der Waals surface area contributed by atoms with Gasteiger partial charge in [-0.1, -0.05) is 5.16 Å². The van der Waals surface area contributed by atoms with Crippen molar-refractivity contribution in [3.63, 3.8) is 0 Å². The third-order valence-electron chi connectivity index (χ3n) is 6.39. The van der Waals surface area contributed by atoms with Crippen LogP contribution in [-0.2, 0) is 6.54 Å². The second-order valence-electron chi connectivity index (χ2n) is 8.73. The fourth-order valence-electron chi connectivity index (χ4n) is 4.43. The summed E-state index contributed by atoms with van der Waals surface area (Å²) in [5.74, 6) is 0.679. The van der Waals surface area contributed by atoms with Gasteiger partial charge in [-0.3, -0.25) is 14.7 Å². The SMILES string of the molecule is Cc1ccc(-c2noc(C)c2Cn2ncc(N3CCN(C4CC4)[C@H](C)C3)cc2=O)cn1. The van der Waals surface area contributed by atoms with Gasteiger partial charge < -0.3 is 9.42 Å². The minimum absolute atomic E-state index is 0.122. The van der Waals surface area contributed by atoms with E-state index in [0.717, 1.165) is 48.2 Å². The Labute approximate surface area is 181 Å². The van der Waals surface area contributed by atoms with Crippen LogP contribution >= 0.6 is 0 Å². The van der Waals surface area contributed by atoms with Crippen molar-refractivity contribution < 1.29 is 4.52 Å². The first-order valence-electron chi connectivity index (χ1n) is 11.0. The van der Waals surface area contributed by atoms with Crippen LogP contribution in [0.4, 0.5) is 5.69 Å². The number of anilines is 1. The molecule has 31 heavy (non-hydrogen) atoms. The number of aryl methyl sites for hydroxylation is 2. The minimum Gasteiger partial charge on any atom is -0.367 e. The molecular weight excluding hydrogens is 392 g/mol. The van der Waals surface area contributed by atoms with Gasteiger partial charge in [0.15, 0.2) is 0 Å². The molecule has 1 saturated heterocycles. The summed E-state index contributed by atoms with van der Waals surface area (Å²) < 4.78 is 6.89. The van der Waals surface area contributed by atoms with Gasteiger partial charge in [0.2, 0.25) is 0 Å². The summed E-state index contributed by atoms with van der Waals surface area (Å²) in [6.07, 6.45) is 6.23. The summed E-state index contributed by atoms with van der Waals surface area (Å²) in [5, 5.41) is 8.67. The smallest absolute Gasteiger partial charge is 0.269 e. The second kappa shape index (κ2) is 7.92. The molecule has 1 aliphatic carbocycles. The maximum atomic E-state index is 12.9. The molecule has 2 aliphatic rings. The van der Waals surface area contributed by atoms with E-state index < -0.39 is 0 Å². The molecule has 0 spiro atoms. The van der Waals surface area contributed by atoms with E-state index in [1.165, 1.54) is 17.5 Å². The molecule has 1 aliphatic heterocycles. The Hall–Kier alpha value is -3.00. The van der Waals surface area contributed by atoms with Gasteiger partial charge in [-0.15, -0.1) is 0 Å². The van der Waals surface area contributed by atoms with Crippen molar-refractivity contribution >= 4 is 5.69 Å². The first kappa shape index (κ1) is 19.9. The van der Waals surface area contributed by atoms with Gasteiger partial charge in [-0.2, -0.15) is 5.10 Å². The monoisotopic (exact) mass is 420 g/mol. The van der Waals surface area contributed by atoms with Crippen LogP contribution in [0, 0.1) is 13.8 Å². The lowest BCUT2D eigenvalue weighted by atomic mass is 10.1. The minimum atomic E-state index is -0.122. The maximum absolute atomic E-state index is 12.9. The van der Waals surface area contributed by atoms with Gasteiger partial charge in [0, 0.05) is 60.8 Å². The summed E-state index contributed by atoms with van der Waals surface area (Å²) in [6, 6.07) is 6.86. The van der Waals surface area contributed by atoms with E-state index in [4.69, 9.17) is 4.52 Å². The Kier molecular flexibility index (Phi) is 5.09. The third kappa shape index (κ3) is 3.99. The zero-order chi connectivity index (χ0) is 21.5. The zero-order valence-corrected chi connectivity index (χ0v) is 18.3. The van der Waals surface area contributed by atoms with Gasteiger partial charge in [-0.25, -0.2) is 4.68 Å². The van der Waals surface area contributed by atoms with E-state index in [-0.39, 0.29) is 5.56 Å². The first-order chi connectivity index (χ1) is 15.0. The highest BCUT2D eigenvalue weighted by Crippen LogP contribution is 2.31. The molecule has 8 heteroatoms. The molecule has 0 aromatic carbocycles. The quantitative estimate of drug-likeness (QED) is 0.628. The van der Waals surface area contributed by atoms with Crippen molar-refractivity contribution in [2.75, 3.05) is 24.5 Å². The van der Waals surface area contributed by atoms with Gasteiger partial charge in [0.05, 0.1) is 18.4 Å². The van der Waals surface area contributed by atoms with Crippen LogP contribution in [0.2, 0.25) is 0 Å². The lowest BCUT2D eigenvalue weighted by molar-refractivity contribution is 0.180. The Morgan fingerprint density at radius 3 is 2.68 bits per heavy atom. The van der Waals surface area contributed by atoms with Crippen molar-refractivity contribution in [3.8, 4) is 11.3 Å². The highest BCUT2D eigenvalue weighted by Gasteiger charge is 2.35. The molecule has 0 unspecified atom stereocenters. The number of rotatable bonds is 5.